The van der Waals surface area contributed by atoms with Crippen molar-refractivity contribution in [2.24, 2.45) is 0 Å². The van der Waals surface area contributed by atoms with Gasteiger partial charge in [0.05, 0.1) is 6.42 Å². The summed E-state index contributed by atoms with van der Waals surface area (Å²) in [5.41, 5.74) is 0.578. The van der Waals surface area contributed by atoms with E-state index in [2.05, 4.69) is 5.32 Å². The van der Waals surface area contributed by atoms with Crippen molar-refractivity contribution >= 4 is 11.8 Å². The Kier molecular flexibility index (Phi) is 5.17. The van der Waals surface area contributed by atoms with Gasteiger partial charge in [0.1, 0.15) is 5.75 Å². The number of para-hydroxylation sites is 1. The summed E-state index contributed by atoms with van der Waals surface area (Å²) >= 11 is 0. The van der Waals surface area contributed by atoms with Crippen LogP contribution >= 0.6 is 0 Å². The molecule has 0 saturated carbocycles. The van der Waals surface area contributed by atoms with Crippen molar-refractivity contribution in [3.8, 4) is 5.75 Å². The highest BCUT2D eigenvalue weighted by molar-refractivity contribution is 5.80. The topological polar surface area (TPSA) is 69.6 Å². The molecule has 0 fully saturated rings. The molecule has 0 bridgehead atoms. The van der Waals surface area contributed by atoms with Crippen molar-refractivity contribution in [2.75, 3.05) is 20.6 Å². The van der Waals surface area contributed by atoms with Gasteiger partial charge < -0.3 is 15.3 Å². The highest BCUT2D eigenvalue weighted by Crippen LogP contribution is 2.15. The van der Waals surface area contributed by atoms with Crippen molar-refractivity contribution in [1.29, 1.82) is 0 Å². The average molecular weight is 250 g/mol. The van der Waals surface area contributed by atoms with Crippen LogP contribution in [0.3, 0.4) is 0 Å². The van der Waals surface area contributed by atoms with Crippen molar-refractivity contribution in [3.05, 3.63) is 29.8 Å². The molecule has 1 rings (SSSR count). The van der Waals surface area contributed by atoms with Crippen molar-refractivity contribution in [3.63, 3.8) is 0 Å². The molecular formula is C13H18N2O3. The normalized spacial score (nSPS) is 9.89. The number of benzene rings is 1. The van der Waals surface area contributed by atoms with Gasteiger partial charge in [-0.1, -0.05) is 18.2 Å². The molecule has 0 heterocycles. The quantitative estimate of drug-likeness (QED) is 0.801. The fourth-order valence-corrected chi connectivity index (χ4v) is 1.43. The summed E-state index contributed by atoms with van der Waals surface area (Å²) in [5.74, 6) is -0.127. The van der Waals surface area contributed by atoms with E-state index in [1.165, 1.54) is 11.0 Å². The van der Waals surface area contributed by atoms with Gasteiger partial charge in [-0.15, -0.1) is 0 Å². The number of hydrogen-bond acceptors (Lipinski definition) is 3. The number of hydrogen-bond donors (Lipinski definition) is 2. The summed E-state index contributed by atoms with van der Waals surface area (Å²) in [6, 6.07) is 6.70. The largest absolute Gasteiger partial charge is 0.508 e. The predicted molar refractivity (Wildman–Crippen MR) is 68.1 cm³/mol. The lowest BCUT2D eigenvalue weighted by molar-refractivity contribution is -0.128. The number of rotatable bonds is 5. The number of nitrogens with zero attached hydrogens (tertiary/aromatic N) is 1. The third-order valence-corrected chi connectivity index (χ3v) is 2.50. The number of carbonyl (C=O) groups is 2. The molecule has 2 N–H and O–H groups in total. The summed E-state index contributed by atoms with van der Waals surface area (Å²) in [6.45, 7) is 0.309. The van der Waals surface area contributed by atoms with Crippen molar-refractivity contribution in [2.45, 2.75) is 12.8 Å². The van der Waals surface area contributed by atoms with E-state index in [0.717, 1.165) is 0 Å². The molecule has 0 spiro atoms. The second-order valence-corrected chi connectivity index (χ2v) is 4.19. The maximum Gasteiger partial charge on any atom is 0.224 e. The molecule has 0 aliphatic heterocycles. The third-order valence-electron chi connectivity index (χ3n) is 2.50. The van der Waals surface area contributed by atoms with Crippen LogP contribution in [-0.4, -0.2) is 42.5 Å². The molecule has 5 nitrogen and oxygen atoms in total. The zero-order valence-corrected chi connectivity index (χ0v) is 10.6. The summed E-state index contributed by atoms with van der Waals surface area (Å²) in [4.78, 5) is 24.3. The van der Waals surface area contributed by atoms with Gasteiger partial charge in [-0.3, -0.25) is 9.59 Å². The molecule has 0 unspecified atom stereocenters. The van der Waals surface area contributed by atoms with E-state index >= 15 is 0 Å². The molecule has 0 atom stereocenters. The van der Waals surface area contributed by atoms with Crippen LogP contribution in [-0.2, 0) is 16.0 Å². The van der Waals surface area contributed by atoms with Gasteiger partial charge in [0.25, 0.3) is 0 Å². The SMILES string of the molecule is CN(C)C(=O)CCNC(=O)Cc1ccccc1O. The number of phenols is 1. The van der Waals surface area contributed by atoms with Crippen LogP contribution in [0.2, 0.25) is 0 Å². The Balaban J connectivity index is 2.35. The van der Waals surface area contributed by atoms with E-state index in [0.29, 0.717) is 12.1 Å². The summed E-state index contributed by atoms with van der Waals surface area (Å²) < 4.78 is 0. The minimum absolute atomic E-state index is 0.0298. The van der Waals surface area contributed by atoms with E-state index in [4.69, 9.17) is 0 Å². The molecule has 0 aliphatic carbocycles. The first-order valence-electron chi connectivity index (χ1n) is 5.74. The zero-order chi connectivity index (χ0) is 13.5. The van der Waals surface area contributed by atoms with Crippen LogP contribution in [0.25, 0.3) is 0 Å². The first-order valence-corrected chi connectivity index (χ1v) is 5.74. The lowest BCUT2D eigenvalue weighted by Gasteiger charge is -2.10. The van der Waals surface area contributed by atoms with Gasteiger partial charge in [0.15, 0.2) is 0 Å². The molecule has 0 aliphatic rings. The predicted octanol–water partition coefficient (Wildman–Crippen LogP) is 0.529. The third kappa shape index (κ3) is 4.45. The molecule has 98 valence electrons. The molecule has 0 aromatic heterocycles. The molecule has 2 amide bonds. The molecule has 18 heavy (non-hydrogen) atoms. The molecule has 0 radical (unpaired) electrons. The highest BCUT2D eigenvalue weighted by atomic mass is 16.3. The van der Waals surface area contributed by atoms with E-state index in [1.807, 2.05) is 0 Å². The number of aromatic hydroxyl groups is 1. The average Bonchev–Trinajstić information content (AvgIpc) is 2.32. The second kappa shape index (κ2) is 6.64. The van der Waals surface area contributed by atoms with Crippen LogP contribution in [0.4, 0.5) is 0 Å². The Bertz CT molecular complexity index is 430. The van der Waals surface area contributed by atoms with Crippen molar-refractivity contribution < 1.29 is 14.7 Å². The van der Waals surface area contributed by atoms with Gasteiger partial charge in [-0.05, 0) is 6.07 Å². The van der Waals surface area contributed by atoms with Crippen LogP contribution in [0.5, 0.6) is 5.75 Å². The van der Waals surface area contributed by atoms with Gasteiger partial charge in [-0.2, -0.15) is 0 Å². The van der Waals surface area contributed by atoms with Gasteiger partial charge >= 0.3 is 0 Å². The van der Waals surface area contributed by atoms with Gasteiger partial charge in [-0.25, -0.2) is 0 Å². The number of carbonyl (C=O) groups excluding carboxylic acids is 2. The van der Waals surface area contributed by atoms with Crippen molar-refractivity contribution in [1.82, 2.24) is 10.2 Å². The van der Waals surface area contributed by atoms with Gasteiger partial charge in [0, 0.05) is 32.6 Å². The van der Waals surface area contributed by atoms with Crippen LogP contribution in [0.1, 0.15) is 12.0 Å². The lowest BCUT2D eigenvalue weighted by Crippen LogP contribution is -2.31. The Morgan fingerprint density at radius 2 is 1.94 bits per heavy atom. The van der Waals surface area contributed by atoms with Gasteiger partial charge in [0.2, 0.25) is 11.8 Å². The molecule has 0 saturated heterocycles. The van der Waals surface area contributed by atoms with E-state index in [-0.39, 0.29) is 30.4 Å². The molecule has 5 heteroatoms. The van der Waals surface area contributed by atoms with Crippen LogP contribution in [0.15, 0.2) is 24.3 Å². The Labute approximate surface area is 106 Å². The Morgan fingerprint density at radius 3 is 2.56 bits per heavy atom. The molecular weight excluding hydrogens is 232 g/mol. The first kappa shape index (κ1) is 14.0. The summed E-state index contributed by atoms with van der Waals surface area (Å²) in [5, 5.41) is 12.2. The van der Waals surface area contributed by atoms with E-state index < -0.39 is 0 Å². The van der Waals surface area contributed by atoms with Crippen LogP contribution in [0, 0.1) is 0 Å². The van der Waals surface area contributed by atoms with Crippen LogP contribution < -0.4 is 5.32 Å². The molecule has 1 aromatic carbocycles. The Hall–Kier alpha value is -2.04. The van der Waals surface area contributed by atoms with E-state index in [9.17, 15) is 14.7 Å². The number of nitrogens with one attached hydrogen (secondary N) is 1. The fourth-order valence-electron chi connectivity index (χ4n) is 1.43. The summed E-state index contributed by atoms with van der Waals surface area (Å²) in [7, 11) is 3.35. The first-order chi connectivity index (χ1) is 8.50. The zero-order valence-electron chi connectivity index (χ0n) is 10.6. The second-order valence-electron chi connectivity index (χ2n) is 4.19. The standard InChI is InChI=1S/C13H18N2O3/c1-15(2)13(18)7-8-14-12(17)9-10-5-3-4-6-11(10)16/h3-6,16H,7-9H2,1-2H3,(H,14,17). The number of amides is 2. The maximum atomic E-state index is 11.6. The number of phenolic OH excluding ortho intramolecular Hbond substituents is 1. The highest BCUT2D eigenvalue weighted by Gasteiger charge is 2.08. The Morgan fingerprint density at radius 1 is 1.28 bits per heavy atom. The smallest absolute Gasteiger partial charge is 0.224 e. The lowest BCUT2D eigenvalue weighted by atomic mass is 10.1. The molecule has 1 aromatic rings. The minimum Gasteiger partial charge on any atom is -0.508 e. The van der Waals surface area contributed by atoms with E-state index in [1.54, 1.807) is 32.3 Å². The maximum absolute atomic E-state index is 11.6. The fraction of sp³-hybridized carbons (Fsp3) is 0.385. The minimum atomic E-state index is -0.206. The summed E-state index contributed by atoms with van der Waals surface area (Å²) in [6.07, 6.45) is 0.391. The monoisotopic (exact) mass is 250 g/mol.